The molecule has 7 heteroatoms. The van der Waals surface area contributed by atoms with E-state index >= 15 is 0 Å². The van der Waals surface area contributed by atoms with Gasteiger partial charge in [0.25, 0.3) is 0 Å². The average Bonchev–Trinajstić information content (AvgIpc) is 3.29. The van der Waals surface area contributed by atoms with Gasteiger partial charge in [0.15, 0.2) is 5.82 Å². The SMILES string of the molecule is Cc1cc(CN2CCC[C@H](c3nnc(Cn4cccn4)n3C)C2)ccc1F. The van der Waals surface area contributed by atoms with Crippen LogP contribution in [0.5, 0.6) is 0 Å². The minimum absolute atomic E-state index is 0.140. The number of halogens is 1. The third kappa shape index (κ3) is 3.93. The largest absolute Gasteiger partial charge is 0.316 e. The lowest BCUT2D eigenvalue weighted by atomic mass is 9.96. The van der Waals surface area contributed by atoms with E-state index in [-0.39, 0.29) is 5.82 Å². The lowest BCUT2D eigenvalue weighted by Crippen LogP contribution is -2.35. The van der Waals surface area contributed by atoms with Crippen LogP contribution in [0.1, 0.15) is 41.5 Å². The van der Waals surface area contributed by atoms with Crippen molar-refractivity contribution in [2.75, 3.05) is 13.1 Å². The maximum Gasteiger partial charge on any atom is 0.154 e. The molecule has 0 spiro atoms. The summed E-state index contributed by atoms with van der Waals surface area (Å²) in [6.07, 6.45) is 5.95. The van der Waals surface area contributed by atoms with Gasteiger partial charge in [0.1, 0.15) is 18.2 Å². The standard InChI is InChI=1S/C20H25FN6/c1-15-11-16(6-7-18(15)21)12-26-9-3-5-17(13-26)20-24-23-19(25(20)2)14-27-10-4-8-22-27/h4,6-8,10-11,17H,3,5,9,12-14H2,1-2H3/t17-/m0/s1. The molecule has 1 fully saturated rings. The Hall–Kier alpha value is -2.54. The maximum absolute atomic E-state index is 13.5. The second-order valence-electron chi connectivity index (χ2n) is 7.39. The van der Waals surface area contributed by atoms with Crippen molar-refractivity contribution >= 4 is 0 Å². The highest BCUT2D eigenvalue weighted by Crippen LogP contribution is 2.27. The van der Waals surface area contributed by atoms with Crippen LogP contribution >= 0.6 is 0 Å². The van der Waals surface area contributed by atoms with E-state index in [2.05, 4.69) is 24.8 Å². The van der Waals surface area contributed by atoms with Gasteiger partial charge in [0, 0.05) is 38.4 Å². The second kappa shape index (κ2) is 7.60. The molecule has 0 N–H and O–H groups in total. The Morgan fingerprint density at radius 1 is 1.22 bits per heavy atom. The lowest BCUT2D eigenvalue weighted by Gasteiger charge is -2.32. The predicted octanol–water partition coefficient (Wildman–Crippen LogP) is 2.89. The third-order valence-corrected chi connectivity index (χ3v) is 5.36. The molecular formula is C20H25FN6. The molecule has 1 atom stereocenters. The second-order valence-corrected chi connectivity index (χ2v) is 7.39. The first-order valence-electron chi connectivity index (χ1n) is 9.43. The smallest absolute Gasteiger partial charge is 0.154 e. The highest BCUT2D eigenvalue weighted by Gasteiger charge is 2.26. The number of benzene rings is 1. The van der Waals surface area contributed by atoms with Crippen molar-refractivity contribution in [2.45, 2.75) is 38.8 Å². The Balaban J connectivity index is 1.45. The van der Waals surface area contributed by atoms with E-state index in [9.17, 15) is 4.39 Å². The van der Waals surface area contributed by atoms with Gasteiger partial charge in [-0.2, -0.15) is 5.10 Å². The number of aromatic nitrogens is 5. The number of hydrogen-bond acceptors (Lipinski definition) is 4. The van der Waals surface area contributed by atoms with Crippen LogP contribution in [0.2, 0.25) is 0 Å². The average molecular weight is 368 g/mol. The Labute approximate surface area is 158 Å². The van der Waals surface area contributed by atoms with Crippen molar-refractivity contribution < 1.29 is 4.39 Å². The molecule has 6 nitrogen and oxygen atoms in total. The van der Waals surface area contributed by atoms with Crippen LogP contribution in [0, 0.1) is 12.7 Å². The monoisotopic (exact) mass is 368 g/mol. The van der Waals surface area contributed by atoms with Crippen LogP contribution in [0.4, 0.5) is 4.39 Å². The molecule has 3 aromatic rings. The van der Waals surface area contributed by atoms with E-state index in [1.165, 1.54) is 0 Å². The number of aryl methyl sites for hydroxylation is 1. The summed E-state index contributed by atoms with van der Waals surface area (Å²) in [7, 11) is 2.04. The zero-order valence-corrected chi connectivity index (χ0v) is 15.8. The van der Waals surface area contributed by atoms with Gasteiger partial charge in [-0.05, 0) is 49.6 Å². The molecule has 1 aromatic carbocycles. The highest BCUT2D eigenvalue weighted by atomic mass is 19.1. The van der Waals surface area contributed by atoms with Crippen molar-refractivity contribution in [1.29, 1.82) is 0 Å². The lowest BCUT2D eigenvalue weighted by molar-refractivity contribution is 0.195. The molecule has 1 saturated heterocycles. The fourth-order valence-electron chi connectivity index (χ4n) is 3.88. The number of rotatable bonds is 5. The van der Waals surface area contributed by atoms with Gasteiger partial charge in [-0.15, -0.1) is 10.2 Å². The Morgan fingerprint density at radius 2 is 2.11 bits per heavy atom. The molecule has 3 heterocycles. The van der Waals surface area contributed by atoms with Gasteiger partial charge in [-0.3, -0.25) is 9.58 Å². The van der Waals surface area contributed by atoms with Gasteiger partial charge < -0.3 is 4.57 Å². The van der Waals surface area contributed by atoms with Crippen molar-refractivity contribution in [1.82, 2.24) is 29.4 Å². The van der Waals surface area contributed by atoms with Crippen molar-refractivity contribution in [3.05, 3.63) is 65.3 Å². The molecular weight excluding hydrogens is 343 g/mol. The highest BCUT2D eigenvalue weighted by molar-refractivity contribution is 5.24. The van der Waals surface area contributed by atoms with Crippen LogP contribution in [0.25, 0.3) is 0 Å². The molecule has 0 aliphatic carbocycles. The van der Waals surface area contributed by atoms with Gasteiger partial charge in [0.2, 0.25) is 0 Å². The maximum atomic E-state index is 13.5. The summed E-state index contributed by atoms with van der Waals surface area (Å²) in [6, 6.07) is 7.31. The first kappa shape index (κ1) is 17.9. The zero-order valence-electron chi connectivity index (χ0n) is 15.8. The molecule has 1 aliphatic rings. The van der Waals surface area contributed by atoms with Crippen molar-refractivity contribution in [3.8, 4) is 0 Å². The molecule has 0 radical (unpaired) electrons. The van der Waals surface area contributed by atoms with Gasteiger partial charge in [0.05, 0.1) is 0 Å². The quantitative estimate of drug-likeness (QED) is 0.695. The number of likely N-dealkylation sites (tertiary alicyclic amines) is 1. The van der Waals surface area contributed by atoms with E-state index in [1.807, 2.05) is 43.0 Å². The summed E-state index contributed by atoms with van der Waals surface area (Å²) < 4.78 is 17.5. The van der Waals surface area contributed by atoms with E-state index in [1.54, 1.807) is 12.3 Å². The normalized spacial score (nSPS) is 18.1. The fraction of sp³-hybridized carbons (Fsp3) is 0.450. The van der Waals surface area contributed by atoms with E-state index in [0.717, 1.165) is 49.7 Å². The van der Waals surface area contributed by atoms with E-state index in [4.69, 9.17) is 0 Å². The summed E-state index contributed by atoms with van der Waals surface area (Å²) in [4.78, 5) is 2.43. The van der Waals surface area contributed by atoms with Crippen molar-refractivity contribution in [2.24, 2.45) is 7.05 Å². The van der Waals surface area contributed by atoms with Gasteiger partial charge in [-0.25, -0.2) is 4.39 Å². The first-order chi connectivity index (χ1) is 13.1. The van der Waals surface area contributed by atoms with Crippen LogP contribution in [0.15, 0.2) is 36.7 Å². The molecule has 0 bridgehead atoms. The van der Waals surface area contributed by atoms with E-state index < -0.39 is 0 Å². The summed E-state index contributed by atoms with van der Waals surface area (Å²) in [6.45, 7) is 5.30. The van der Waals surface area contributed by atoms with E-state index in [0.29, 0.717) is 18.0 Å². The molecule has 0 unspecified atom stereocenters. The van der Waals surface area contributed by atoms with Gasteiger partial charge in [-0.1, -0.05) is 12.1 Å². The summed E-state index contributed by atoms with van der Waals surface area (Å²) >= 11 is 0. The Kier molecular flexibility index (Phi) is 5.03. The van der Waals surface area contributed by atoms with Crippen molar-refractivity contribution in [3.63, 3.8) is 0 Å². The van der Waals surface area contributed by atoms with Gasteiger partial charge >= 0.3 is 0 Å². The molecule has 0 amide bonds. The van der Waals surface area contributed by atoms with Crippen LogP contribution in [-0.4, -0.2) is 42.5 Å². The summed E-state index contributed by atoms with van der Waals surface area (Å²) in [5.74, 6) is 2.18. The topological polar surface area (TPSA) is 51.8 Å². The zero-order chi connectivity index (χ0) is 18.8. The molecule has 2 aromatic heterocycles. The van der Waals surface area contributed by atoms with Crippen LogP contribution < -0.4 is 0 Å². The minimum atomic E-state index is -0.140. The molecule has 27 heavy (non-hydrogen) atoms. The molecule has 1 aliphatic heterocycles. The molecule has 142 valence electrons. The minimum Gasteiger partial charge on any atom is -0.316 e. The first-order valence-corrected chi connectivity index (χ1v) is 9.43. The number of piperidine rings is 1. The van der Waals surface area contributed by atoms with Crippen LogP contribution in [-0.2, 0) is 20.1 Å². The third-order valence-electron chi connectivity index (χ3n) is 5.36. The summed E-state index contributed by atoms with van der Waals surface area (Å²) in [5, 5.41) is 13.1. The summed E-state index contributed by atoms with van der Waals surface area (Å²) in [5.41, 5.74) is 1.87. The number of nitrogens with zero attached hydrogens (tertiary/aromatic N) is 6. The molecule has 4 rings (SSSR count). The fourth-order valence-corrected chi connectivity index (χ4v) is 3.88. The predicted molar refractivity (Wildman–Crippen MR) is 101 cm³/mol. The molecule has 0 saturated carbocycles. The Morgan fingerprint density at radius 3 is 2.89 bits per heavy atom. The van der Waals surface area contributed by atoms with Crippen LogP contribution in [0.3, 0.4) is 0 Å². The number of hydrogen-bond donors (Lipinski definition) is 0. The Bertz CT molecular complexity index is 901.